The number of rotatable bonds is 27. The van der Waals surface area contributed by atoms with E-state index in [1.807, 2.05) is 41.5 Å². The van der Waals surface area contributed by atoms with Crippen LogP contribution in [0, 0.1) is 59.2 Å². The van der Waals surface area contributed by atoms with Crippen LogP contribution in [0.15, 0.2) is 0 Å². The molecular formula is C61H121N3O6Si. The van der Waals surface area contributed by atoms with Gasteiger partial charge in [0.2, 0.25) is 17.7 Å². The van der Waals surface area contributed by atoms with E-state index in [-0.39, 0.29) is 36.1 Å². The molecule has 0 bridgehead atoms. The molecule has 420 valence electrons. The number of nitrogens with one attached hydrogen (secondary N) is 3. The summed E-state index contributed by atoms with van der Waals surface area (Å²) in [6.07, 6.45) is 18.5. The first-order chi connectivity index (χ1) is 33.2. The molecule has 3 aliphatic carbocycles. The van der Waals surface area contributed by atoms with Gasteiger partial charge in [-0.25, -0.2) is 0 Å². The van der Waals surface area contributed by atoms with Crippen LogP contribution in [0.1, 0.15) is 248 Å². The molecule has 3 rings (SSSR count). The predicted molar refractivity (Wildman–Crippen MR) is 305 cm³/mol. The molecule has 0 aromatic rings. The molecule has 0 unspecified atom stereocenters. The van der Waals surface area contributed by atoms with Crippen LogP contribution in [0.2, 0.25) is 22.7 Å². The Morgan fingerprint density at radius 2 is 0.704 bits per heavy atom. The van der Waals surface area contributed by atoms with Gasteiger partial charge in [0.15, 0.2) is 0 Å². The molecule has 3 saturated carbocycles. The number of carbonyl (C=O) groups is 3. The van der Waals surface area contributed by atoms with Crippen molar-refractivity contribution in [2.75, 3.05) is 19.6 Å². The Hall–Kier alpha value is -1.49. The van der Waals surface area contributed by atoms with Crippen molar-refractivity contribution in [1.29, 1.82) is 0 Å². The van der Waals surface area contributed by atoms with E-state index in [1.165, 1.54) is 51.0 Å². The van der Waals surface area contributed by atoms with E-state index in [0.717, 1.165) is 129 Å². The molecule has 3 fully saturated rings. The highest BCUT2D eigenvalue weighted by Crippen LogP contribution is 2.45. The minimum absolute atomic E-state index is 0.0109. The lowest BCUT2D eigenvalue weighted by atomic mass is 9.77. The number of hydrogen-bond acceptors (Lipinski definition) is 6. The van der Waals surface area contributed by atoms with Gasteiger partial charge in [-0.05, 0) is 186 Å². The van der Waals surface area contributed by atoms with Crippen LogP contribution in [0.3, 0.4) is 0 Å². The molecule has 71 heavy (non-hydrogen) atoms. The van der Waals surface area contributed by atoms with E-state index in [4.69, 9.17) is 14.2 Å². The second-order valence-corrected chi connectivity index (χ2v) is 32.1. The van der Waals surface area contributed by atoms with Crippen LogP contribution in [0.25, 0.3) is 0 Å². The summed E-state index contributed by atoms with van der Waals surface area (Å²) in [4.78, 5) is 37.0. The van der Waals surface area contributed by atoms with Gasteiger partial charge in [-0.3, -0.25) is 14.4 Å². The molecule has 0 heterocycles. The van der Waals surface area contributed by atoms with Gasteiger partial charge in [0.1, 0.15) is 0 Å². The van der Waals surface area contributed by atoms with E-state index in [2.05, 4.69) is 113 Å². The predicted octanol–water partition coefficient (Wildman–Crippen LogP) is 15.9. The summed E-state index contributed by atoms with van der Waals surface area (Å²) >= 11 is 0. The first-order valence-corrected chi connectivity index (χ1v) is 32.5. The van der Waals surface area contributed by atoms with Gasteiger partial charge in [-0.2, -0.15) is 0 Å². The lowest BCUT2D eigenvalue weighted by Gasteiger charge is -2.43. The third-order valence-corrected chi connectivity index (χ3v) is 24.7. The molecule has 0 spiro atoms. The Kier molecular flexibility index (Phi) is 33.2. The number of amides is 3. The molecule has 10 heteroatoms. The van der Waals surface area contributed by atoms with Crippen LogP contribution in [0.4, 0.5) is 0 Å². The lowest BCUT2D eigenvalue weighted by molar-refractivity contribution is -0.412. The van der Waals surface area contributed by atoms with Gasteiger partial charge in [0, 0.05) is 43.8 Å². The van der Waals surface area contributed by atoms with Gasteiger partial charge in [-0.15, -0.1) is 0 Å². The Balaban J connectivity index is 0.000000545. The minimum atomic E-state index is -1.31. The molecule has 0 aromatic carbocycles. The summed E-state index contributed by atoms with van der Waals surface area (Å²) in [5, 5.41) is 9.51. The van der Waals surface area contributed by atoms with E-state index in [0.29, 0.717) is 30.7 Å². The van der Waals surface area contributed by atoms with Gasteiger partial charge in [0.05, 0.1) is 26.4 Å². The summed E-state index contributed by atoms with van der Waals surface area (Å²) in [7, 11) is -1.31. The number of ether oxygens (including phenoxy) is 3. The normalized spacial score (nSPS) is 22.4. The summed E-state index contributed by atoms with van der Waals surface area (Å²) < 4.78 is 18.2. The molecule has 3 N–H and O–H groups in total. The number of carbonyl (C=O) groups excluding carboxylic acids is 3. The molecule has 0 atom stereocenters. The summed E-state index contributed by atoms with van der Waals surface area (Å²) in [6.45, 7) is 47.1. The largest absolute Gasteiger partial charge is 0.356 e. The molecule has 0 aromatic heterocycles. The van der Waals surface area contributed by atoms with Crippen molar-refractivity contribution in [3.63, 3.8) is 0 Å². The highest BCUT2D eigenvalue weighted by atomic mass is 28.3. The Bertz CT molecular complexity index is 1360. The smallest absolute Gasteiger partial charge is 0.283 e. The SMILES string of the molecule is CC(C)C1CCC(C(=O)NCCC[Si](C(C)C)(C(C)C)C(C)C)CC1.CC(C)CCCNC(=O)C1CCC(C(C)C)CC1.CC(C)OC(CCCNC(=O)C1CCC(C(C)C)CC1)(OC(C)C)OC(C)C. The Labute approximate surface area is 441 Å². The zero-order chi connectivity index (χ0) is 54.1. The van der Waals surface area contributed by atoms with Crippen molar-refractivity contribution in [2.24, 2.45) is 59.2 Å². The van der Waals surface area contributed by atoms with E-state index in [1.54, 1.807) is 0 Å². The zero-order valence-corrected chi connectivity index (χ0v) is 51.5. The quantitative estimate of drug-likeness (QED) is 0.0429. The highest BCUT2D eigenvalue weighted by Gasteiger charge is 2.42. The molecule has 0 saturated heterocycles. The van der Waals surface area contributed by atoms with Crippen molar-refractivity contribution in [3.05, 3.63) is 0 Å². The maximum Gasteiger partial charge on any atom is 0.283 e. The van der Waals surface area contributed by atoms with Gasteiger partial charge in [0.25, 0.3) is 5.97 Å². The van der Waals surface area contributed by atoms with Crippen LogP contribution in [0.5, 0.6) is 0 Å². The maximum absolute atomic E-state index is 12.5. The minimum Gasteiger partial charge on any atom is -0.356 e. The molecular weight excluding hydrogens is 899 g/mol. The first kappa shape index (κ1) is 67.5. The average molecular weight is 1020 g/mol. The van der Waals surface area contributed by atoms with Crippen molar-refractivity contribution in [2.45, 2.75) is 295 Å². The van der Waals surface area contributed by atoms with Gasteiger partial charge in [-0.1, -0.05) is 120 Å². The summed E-state index contributed by atoms with van der Waals surface area (Å²) in [5.74, 6) is 5.97. The molecule has 0 radical (unpaired) electrons. The molecule has 9 nitrogen and oxygen atoms in total. The second kappa shape index (κ2) is 35.0. The van der Waals surface area contributed by atoms with E-state index >= 15 is 0 Å². The van der Waals surface area contributed by atoms with Gasteiger partial charge >= 0.3 is 0 Å². The highest BCUT2D eigenvalue weighted by molar-refractivity contribution is 6.83. The van der Waals surface area contributed by atoms with Crippen molar-refractivity contribution < 1.29 is 28.6 Å². The first-order valence-electron chi connectivity index (χ1n) is 30.0. The maximum atomic E-state index is 12.5. The van der Waals surface area contributed by atoms with Crippen LogP contribution < -0.4 is 16.0 Å². The monoisotopic (exact) mass is 1020 g/mol. The van der Waals surface area contributed by atoms with E-state index in [9.17, 15) is 14.4 Å². The topological polar surface area (TPSA) is 115 Å². The molecule has 0 aliphatic heterocycles. The van der Waals surface area contributed by atoms with E-state index < -0.39 is 14.0 Å². The molecule has 3 aliphatic rings. The van der Waals surface area contributed by atoms with Crippen molar-refractivity contribution >= 4 is 25.8 Å². The fourth-order valence-corrected chi connectivity index (χ4v) is 19.1. The van der Waals surface area contributed by atoms with Crippen LogP contribution >= 0.6 is 0 Å². The fourth-order valence-electron chi connectivity index (χ4n) is 12.6. The van der Waals surface area contributed by atoms with Crippen LogP contribution in [-0.2, 0) is 28.6 Å². The summed E-state index contributed by atoms with van der Waals surface area (Å²) in [5.41, 5.74) is 2.44. The average Bonchev–Trinajstić information content (AvgIpc) is 3.28. The standard InChI is InChI=1S/C23H45NO4.C22H45NOSi.C16H31NO/c1-16(2)20-10-12-21(13-11-20)22(25)24-15-9-14-23(26-17(3)4,27-18(5)6)28-19(7)8;1-16(2)20-10-12-21(13-11-20)22(24)23-14-9-15-25(17(3)4,18(5)6)19(7)8;1-12(2)6-5-11-17-16(18)15-9-7-14(8-10-15)13(3)4/h16-21H,9-15H2,1-8H3,(H,24,25);16-21H,9-15H2,1-8H3,(H,23,24);12-15H,5-11H2,1-4H3,(H,17,18). The lowest BCUT2D eigenvalue weighted by Crippen LogP contribution is -2.45. The zero-order valence-electron chi connectivity index (χ0n) is 50.5. The Morgan fingerprint density at radius 1 is 0.423 bits per heavy atom. The second-order valence-electron chi connectivity index (χ2n) is 25.9. The molecule has 3 amide bonds. The van der Waals surface area contributed by atoms with Crippen LogP contribution in [-0.4, -0.2) is 69.7 Å². The Morgan fingerprint density at radius 3 is 0.958 bits per heavy atom. The van der Waals surface area contributed by atoms with Crippen molar-refractivity contribution in [1.82, 2.24) is 16.0 Å². The van der Waals surface area contributed by atoms with Crippen molar-refractivity contribution in [3.8, 4) is 0 Å². The number of hydrogen-bond donors (Lipinski definition) is 3. The third kappa shape index (κ3) is 25.7. The van der Waals surface area contributed by atoms with Gasteiger partial charge < -0.3 is 30.2 Å². The fraction of sp³-hybridized carbons (Fsp3) is 0.951. The third-order valence-electron chi connectivity index (χ3n) is 17.0. The summed E-state index contributed by atoms with van der Waals surface area (Å²) in [6, 6.07) is 1.35.